The lowest BCUT2D eigenvalue weighted by atomic mass is 10.2. The van der Waals surface area contributed by atoms with Gasteiger partial charge in [-0.2, -0.15) is 0 Å². The van der Waals surface area contributed by atoms with Crippen LogP contribution in [0.3, 0.4) is 0 Å². The van der Waals surface area contributed by atoms with Crippen molar-refractivity contribution >= 4 is 11.9 Å². The largest absolute Gasteiger partial charge is 0.425 e. The average Bonchev–Trinajstić information content (AvgIpc) is 2.30. The zero-order chi connectivity index (χ0) is 12.7. The lowest BCUT2D eigenvalue weighted by molar-refractivity contribution is -0.135. The molecule has 0 unspecified atom stereocenters. The maximum atomic E-state index is 11.4. The molecule has 4 heteroatoms. The Morgan fingerprint density at radius 2 is 1.88 bits per heavy atom. The summed E-state index contributed by atoms with van der Waals surface area (Å²) in [6.07, 6.45) is 1.19. The minimum atomic E-state index is -0.460. The van der Waals surface area contributed by atoms with Gasteiger partial charge < -0.3 is 10.1 Å². The van der Waals surface area contributed by atoms with E-state index in [1.54, 1.807) is 12.1 Å². The number of benzene rings is 1. The normalized spacial score (nSPS) is 9.76. The highest BCUT2D eigenvalue weighted by atomic mass is 16.5. The predicted octanol–water partition coefficient (Wildman–Crippen LogP) is 1.82. The molecule has 0 fully saturated rings. The Balaban J connectivity index is 2.34. The molecule has 1 rings (SSSR count). The van der Waals surface area contributed by atoms with Gasteiger partial charge in [-0.25, -0.2) is 4.79 Å². The van der Waals surface area contributed by atoms with Crippen LogP contribution in [0.4, 0.5) is 0 Å². The van der Waals surface area contributed by atoms with Gasteiger partial charge >= 0.3 is 5.97 Å². The quantitative estimate of drug-likeness (QED) is 0.625. The molecule has 1 amide bonds. The van der Waals surface area contributed by atoms with Crippen LogP contribution in [-0.2, 0) is 9.59 Å². The molecule has 1 N–H and O–H groups in total. The summed E-state index contributed by atoms with van der Waals surface area (Å²) in [5.74, 6) is -0.1000. The van der Waals surface area contributed by atoms with Crippen molar-refractivity contribution in [3.63, 3.8) is 0 Å². The van der Waals surface area contributed by atoms with Crippen LogP contribution < -0.4 is 10.1 Å². The fourth-order valence-electron chi connectivity index (χ4n) is 1.26. The molecular weight excluding hydrogens is 218 g/mol. The summed E-state index contributed by atoms with van der Waals surface area (Å²) in [5, 5.41) is 2.50. The number of ether oxygens (including phenoxy) is 1. The van der Waals surface area contributed by atoms with Gasteiger partial charge in [0.2, 0.25) is 5.91 Å². The number of amides is 1. The van der Waals surface area contributed by atoms with Crippen LogP contribution in [0.25, 0.3) is 0 Å². The van der Waals surface area contributed by atoms with Crippen molar-refractivity contribution in [2.45, 2.75) is 26.7 Å². The SMILES string of the molecule is CCCC(=O)NCC(=O)Oc1ccc(C)cc1. The first-order valence-electron chi connectivity index (χ1n) is 5.66. The molecule has 92 valence electrons. The summed E-state index contributed by atoms with van der Waals surface area (Å²) in [5.41, 5.74) is 1.10. The Morgan fingerprint density at radius 3 is 2.47 bits per heavy atom. The second-order valence-corrected chi connectivity index (χ2v) is 3.81. The van der Waals surface area contributed by atoms with Crippen molar-refractivity contribution in [2.75, 3.05) is 6.54 Å². The number of carbonyl (C=O) groups excluding carboxylic acids is 2. The molecule has 1 aromatic carbocycles. The van der Waals surface area contributed by atoms with E-state index < -0.39 is 5.97 Å². The molecule has 0 aliphatic heterocycles. The Bertz CT molecular complexity index is 384. The summed E-state index contributed by atoms with van der Waals surface area (Å²) in [6.45, 7) is 3.77. The van der Waals surface area contributed by atoms with E-state index in [9.17, 15) is 9.59 Å². The second kappa shape index (κ2) is 6.68. The molecule has 0 heterocycles. The van der Waals surface area contributed by atoms with Gasteiger partial charge in [0.25, 0.3) is 0 Å². The molecular formula is C13H17NO3. The minimum Gasteiger partial charge on any atom is -0.425 e. The first-order valence-corrected chi connectivity index (χ1v) is 5.66. The highest BCUT2D eigenvalue weighted by Gasteiger charge is 2.06. The van der Waals surface area contributed by atoms with Gasteiger partial charge in [-0.15, -0.1) is 0 Å². The van der Waals surface area contributed by atoms with E-state index in [0.29, 0.717) is 12.2 Å². The number of hydrogen-bond acceptors (Lipinski definition) is 3. The molecule has 0 atom stereocenters. The van der Waals surface area contributed by atoms with Crippen LogP contribution in [0, 0.1) is 6.92 Å². The second-order valence-electron chi connectivity index (χ2n) is 3.81. The van der Waals surface area contributed by atoms with Gasteiger partial charge in [-0.3, -0.25) is 4.79 Å². The van der Waals surface area contributed by atoms with E-state index in [-0.39, 0.29) is 12.5 Å². The van der Waals surface area contributed by atoms with Crippen LogP contribution in [0.15, 0.2) is 24.3 Å². The third kappa shape index (κ3) is 5.15. The van der Waals surface area contributed by atoms with Gasteiger partial charge in [0.05, 0.1) is 0 Å². The van der Waals surface area contributed by atoms with E-state index in [2.05, 4.69) is 5.32 Å². The average molecular weight is 235 g/mol. The summed E-state index contributed by atoms with van der Waals surface area (Å²) < 4.78 is 5.04. The molecule has 0 spiro atoms. The number of hydrogen-bond donors (Lipinski definition) is 1. The van der Waals surface area contributed by atoms with Gasteiger partial charge in [0.15, 0.2) is 0 Å². The fraction of sp³-hybridized carbons (Fsp3) is 0.385. The number of carbonyl (C=O) groups is 2. The molecule has 0 aliphatic carbocycles. The van der Waals surface area contributed by atoms with Gasteiger partial charge in [-0.05, 0) is 25.5 Å². The summed E-state index contributed by atoms with van der Waals surface area (Å²) in [4.78, 5) is 22.5. The standard InChI is InChI=1S/C13H17NO3/c1-3-4-12(15)14-9-13(16)17-11-7-5-10(2)6-8-11/h5-8H,3-4,9H2,1-2H3,(H,14,15). The molecule has 0 saturated carbocycles. The van der Waals surface area contributed by atoms with E-state index in [0.717, 1.165) is 12.0 Å². The Labute approximate surface area is 101 Å². The van der Waals surface area contributed by atoms with Crippen LogP contribution >= 0.6 is 0 Å². The number of esters is 1. The van der Waals surface area contributed by atoms with Crippen molar-refractivity contribution in [2.24, 2.45) is 0 Å². The van der Waals surface area contributed by atoms with Crippen LogP contribution in [0.5, 0.6) is 5.75 Å². The third-order valence-electron chi connectivity index (χ3n) is 2.16. The molecule has 17 heavy (non-hydrogen) atoms. The predicted molar refractivity (Wildman–Crippen MR) is 64.7 cm³/mol. The van der Waals surface area contributed by atoms with Gasteiger partial charge in [0.1, 0.15) is 12.3 Å². The van der Waals surface area contributed by atoms with E-state index in [1.165, 1.54) is 0 Å². The molecule has 0 radical (unpaired) electrons. The molecule has 1 aromatic rings. The Hall–Kier alpha value is -1.84. The first kappa shape index (κ1) is 13.2. The van der Waals surface area contributed by atoms with Crippen LogP contribution in [0.2, 0.25) is 0 Å². The van der Waals surface area contributed by atoms with E-state index in [1.807, 2.05) is 26.0 Å². The summed E-state index contributed by atoms with van der Waals surface area (Å²) >= 11 is 0. The highest BCUT2D eigenvalue weighted by molar-refractivity contribution is 5.82. The Kier molecular flexibility index (Phi) is 5.20. The van der Waals surface area contributed by atoms with Gasteiger partial charge in [-0.1, -0.05) is 24.6 Å². The number of nitrogens with one attached hydrogen (secondary N) is 1. The zero-order valence-corrected chi connectivity index (χ0v) is 10.2. The maximum Gasteiger partial charge on any atom is 0.330 e. The van der Waals surface area contributed by atoms with Crippen molar-refractivity contribution in [3.05, 3.63) is 29.8 Å². The molecule has 0 aromatic heterocycles. The van der Waals surface area contributed by atoms with Crippen LogP contribution in [-0.4, -0.2) is 18.4 Å². The van der Waals surface area contributed by atoms with Crippen molar-refractivity contribution < 1.29 is 14.3 Å². The lowest BCUT2D eigenvalue weighted by Gasteiger charge is -2.05. The molecule has 0 bridgehead atoms. The fourth-order valence-corrected chi connectivity index (χ4v) is 1.26. The van der Waals surface area contributed by atoms with Crippen LogP contribution in [0.1, 0.15) is 25.3 Å². The molecule has 0 saturated heterocycles. The smallest absolute Gasteiger partial charge is 0.330 e. The lowest BCUT2D eigenvalue weighted by Crippen LogP contribution is -2.31. The molecule has 0 aliphatic rings. The van der Waals surface area contributed by atoms with E-state index >= 15 is 0 Å². The minimum absolute atomic E-state index is 0.0906. The summed E-state index contributed by atoms with van der Waals surface area (Å²) in [7, 11) is 0. The summed E-state index contributed by atoms with van der Waals surface area (Å²) in [6, 6.07) is 7.17. The Morgan fingerprint density at radius 1 is 1.24 bits per heavy atom. The van der Waals surface area contributed by atoms with Crippen molar-refractivity contribution in [1.82, 2.24) is 5.32 Å². The van der Waals surface area contributed by atoms with Crippen molar-refractivity contribution in [1.29, 1.82) is 0 Å². The third-order valence-corrected chi connectivity index (χ3v) is 2.16. The monoisotopic (exact) mass is 235 g/mol. The first-order chi connectivity index (χ1) is 8.11. The number of rotatable bonds is 5. The van der Waals surface area contributed by atoms with E-state index in [4.69, 9.17) is 4.74 Å². The van der Waals surface area contributed by atoms with Crippen molar-refractivity contribution in [3.8, 4) is 5.75 Å². The zero-order valence-electron chi connectivity index (χ0n) is 10.2. The highest BCUT2D eigenvalue weighted by Crippen LogP contribution is 2.11. The maximum absolute atomic E-state index is 11.4. The molecule has 4 nitrogen and oxygen atoms in total. The van der Waals surface area contributed by atoms with Gasteiger partial charge in [0, 0.05) is 6.42 Å². The topological polar surface area (TPSA) is 55.4 Å². The number of aryl methyl sites for hydroxylation is 1.